The summed E-state index contributed by atoms with van der Waals surface area (Å²) in [5.41, 5.74) is -0.752. The number of fused-ring (bicyclic) bond motifs is 1. The second kappa shape index (κ2) is 2.71. The topological polar surface area (TPSA) is 79.6 Å². The smallest absolute Gasteiger partial charge is 0.293 e. The predicted molar refractivity (Wildman–Crippen MR) is 46.1 cm³/mol. The van der Waals surface area contributed by atoms with Crippen LogP contribution in [0.15, 0.2) is 0 Å². The van der Waals surface area contributed by atoms with Crippen LogP contribution in [0.3, 0.4) is 0 Å². The van der Waals surface area contributed by atoms with Gasteiger partial charge in [0.15, 0.2) is 6.29 Å². The maximum absolute atomic E-state index is 10.3. The average molecular weight is 209 g/mol. The van der Waals surface area contributed by atoms with Gasteiger partial charge in [-0.3, -0.25) is 4.79 Å². The van der Waals surface area contributed by atoms with E-state index in [4.69, 9.17) is 14.7 Å². The van der Waals surface area contributed by atoms with Gasteiger partial charge in [-0.25, -0.2) is 0 Å². The highest BCUT2D eigenvalue weighted by Gasteiger charge is 2.70. The Morgan fingerprint density at radius 2 is 2.47 bits per heavy atom. The van der Waals surface area contributed by atoms with E-state index in [0.717, 1.165) is 6.42 Å². The van der Waals surface area contributed by atoms with E-state index >= 15 is 0 Å². The van der Waals surface area contributed by atoms with Gasteiger partial charge in [-0.1, -0.05) is 0 Å². The van der Waals surface area contributed by atoms with Crippen molar-refractivity contribution in [2.75, 3.05) is 0 Å². The second-order valence-corrected chi connectivity index (χ2v) is 4.61. The van der Waals surface area contributed by atoms with Crippen LogP contribution in [0.25, 0.3) is 0 Å². The molecule has 2 bridgehead atoms. The van der Waals surface area contributed by atoms with E-state index in [2.05, 4.69) is 6.07 Å². The number of hydrogen-bond donors (Lipinski definition) is 1. The molecular weight excluding hydrogens is 198 g/mol. The molecule has 15 heavy (non-hydrogen) atoms. The standard InChI is InChI=1S/C10H11NO4/c11-3-10-2-5-1-6(10)8(15-9(10)13)7(5)14-4-12/h4-9,13H,1-2H2. The maximum Gasteiger partial charge on any atom is 0.293 e. The summed E-state index contributed by atoms with van der Waals surface area (Å²) in [4.78, 5) is 10.3. The van der Waals surface area contributed by atoms with E-state index in [-0.39, 0.29) is 24.0 Å². The molecule has 1 saturated heterocycles. The Kier molecular flexibility index (Phi) is 1.65. The van der Waals surface area contributed by atoms with Gasteiger partial charge >= 0.3 is 0 Å². The zero-order valence-electron chi connectivity index (χ0n) is 8.00. The zero-order valence-corrected chi connectivity index (χ0v) is 8.00. The van der Waals surface area contributed by atoms with Crippen molar-refractivity contribution in [3.8, 4) is 6.07 Å². The minimum atomic E-state index is -1.03. The van der Waals surface area contributed by atoms with E-state index in [1.807, 2.05) is 0 Å². The summed E-state index contributed by atoms with van der Waals surface area (Å²) in [7, 11) is 0. The van der Waals surface area contributed by atoms with Gasteiger partial charge in [-0.05, 0) is 12.8 Å². The zero-order chi connectivity index (χ0) is 10.6. The molecule has 80 valence electrons. The van der Waals surface area contributed by atoms with E-state index in [1.54, 1.807) is 0 Å². The Hall–Kier alpha value is -1.12. The van der Waals surface area contributed by atoms with Crippen LogP contribution in [-0.2, 0) is 14.3 Å². The fourth-order valence-corrected chi connectivity index (χ4v) is 3.54. The third kappa shape index (κ3) is 0.869. The molecule has 1 heterocycles. The summed E-state index contributed by atoms with van der Waals surface area (Å²) in [6.07, 6.45) is -0.199. The number of carbonyl (C=O) groups is 1. The van der Waals surface area contributed by atoms with Crippen molar-refractivity contribution >= 4 is 6.47 Å². The number of aliphatic hydroxyl groups excluding tert-OH is 1. The molecule has 0 spiro atoms. The SMILES string of the molecule is N#CC12CC3CC1C(OC2O)C3OC=O. The highest BCUT2D eigenvalue weighted by molar-refractivity contribution is 5.39. The first-order chi connectivity index (χ1) is 7.23. The molecule has 5 heteroatoms. The molecule has 1 aliphatic heterocycles. The van der Waals surface area contributed by atoms with Crippen molar-refractivity contribution < 1.29 is 19.4 Å². The summed E-state index contributed by atoms with van der Waals surface area (Å²) >= 11 is 0. The van der Waals surface area contributed by atoms with Crippen LogP contribution in [0.2, 0.25) is 0 Å². The molecule has 2 saturated carbocycles. The molecule has 3 fully saturated rings. The fraction of sp³-hybridized carbons (Fsp3) is 0.800. The first-order valence-electron chi connectivity index (χ1n) is 5.07. The van der Waals surface area contributed by atoms with E-state index < -0.39 is 11.7 Å². The lowest BCUT2D eigenvalue weighted by Crippen LogP contribution is -2.39. The summed E-state index contributed by atoms with van der Waals surface area (Å²) < 4.78 is 10.3. The summed E-state index contributed by atoms with van der Waals surface area (Å²) in [6.45, 7) is 0.424. The molecular formula is C10H11NO4. The van der Waals surface area contributed by atoms with Gasteiger partial charge in [0, 0.05) is 11.8 Å². The van der Waals surface area contributed by atoms with Crippen LogP contribution >= 0.6 is 0 Å². The quantitative estimate of drug-likeness (QED) is 0.637. The van der Waals surface area contributed by atoms with E-state index in [1.165, 1.54) is 0 Å². The maximum atomic E-state index is 10.3. The van der Waals surface area contributed by atoms with Crippen molar-refractivity contribution in [2.24, 2.45) is 17.3 Å². The Morgan fingerprint density at radius 1 is 1.67 bits per heavy atom. The number of aliphatic hydroxyl groups is 1. The van der Waals surface area contributed by atoms with Gasteiger partial charge in [0.2, 0.25) is 0 Å². The largest absolute Gasteiger partial charge is 0.462 e. The lowest BCUT2D eigenvalue weighted by atomic mass is 9.74. The highest BCUT2D eigenvalue weighted by atomic mass is 16.6. The van der Waals surface area contributed by atoms with Gasteiger partial charge in [-0.15, -0.1) is 0 Å². The van der Waals surface area contributed by atoms with Crippen LogP contribution in [-0.4, -0.2) is 30.1 Å². The van der Waals surface area contributed by atoms with Crippen LogP contribution in [0.5, 0.6) is 0 Å². The average Bonchev–Trinajstić information content (AvgIpc) is 2.80. The lowest BCUT2D eigenvalue weighted by Gasteiger charge is -2.28. The minimum Gasteiger partial charge on any atom is -0.462 e. The number of ether oxygens (including phenoxy) is 2. The molecule has 0 aromatic carbocycles. The van der Waals surface area contributed by atoms with Crippen LogP contribution in [0.1, 0.15) is 12.8 Å². The first kappa shape index (κ1) is 9.13. The molecule has 6 atom stereocenters. The molecule has 5 nitrogen and oxygen atoms in total. The van der Waals surface area contributed by atoms with Gasteiger partial charge < -0.3 is 14.6 Å². The van der Waals surface area contributed by atoms with Crippen molar-refractivity contribution in [1.29, 1.82) is 5.26 Å². The third-order valence-electron chi connectivity index (χ3n) is 4.15. The number of carbonyl (C=O) groups excluding carboxylic acids is 1. The first-order valence-corrected chi connectivity index (χ1v) is 5.07. The molecule has 0 radical (unpaired) electrons. The number of rotatable bonds is 2. The van der Waals surface area contributed by atoms with E-state index in [9.17, 15) is 9.90 Å². The highest BCUT2D eigenvalue weighted by Crippen LogP contribution is 2.63. The Labute approximate surface area is 86.6 Å². The molecule has 0 aromatic rings. The third-order valence-corrected chi connectivity index (χ3v) is 4.15. The van der Waals surface area contributed by atoms with Crippen molar-refractivity contribution in [3.63, 3.8) is 0 Å². The van der Waals surface area contributed by atoms with Gasteiger partial charge in [-0.2, -0.15) is 5.26 Å². The van der Waals surface area contributed by atoms with Crippen LogP contribution in [0, 0.1) is 28.6 Å². The Morgan fingerprint density at radius 3 is 3.13 bits per heavy atom. The molecule has 6 unspecified atom stereocenters. The predicted octanol–water partition coefficient (Wildman–Crippen LogP) is -0.205. The van der Waals surface area contributed by atoms with Crippen molar-refractivity contribution in [2.45, 2.75) is 31.3 Å². The second-order valence-electron chi connectivity index (χ2n) is 4.61. The van der Waals surface area contributed by atoms with Gasteiger partial charge in [0.25, 0.3) is 6.47 Å². The number of nitriles is 1. The van der Waals surface area contributed by atoms with Gasteiger partial charge in [0.1, 0.15) is 17.6 Å². The summed E-state index contributed by atoms with van der Waals surface area (Å²) in [5, 5.41) is 18.9. The fourth-order valence-electron chi connectivity index (χ4n) is 3.54. The normalized spacial score (nSPS) is 55.3. The minimum absolute atomic E-state index is 0.0208. The molecule has 3 aliphatic rings. The molecule has 2 aliphatic carbocycles. The molecule has 0 amide bonds. The number of hydrogen-bond acceptors (Lipinski definition) is 5. The monoisotopic (exact) mass is 209 g/mol. The lowest BCUT2D eigenvalue weighted by molar-refractivity contribution is -0.153. The summed E-state index contributed by atoms with van der Waals surface area (Å²) in [6, 6.07) is 2.19. The summed E-state index contributed by atoms with van der Waals surface area (Å²) in [5.74, 6) is 0.189. The van der Waals surface area contributed by atoms with Crippen LogP contribution < -0.4 is 0 Å². The van der Waals surface area contributed by atoms with Crippen molar-refractivity contribution in [3.05, 3.63) is 0 Å². The van der Waals surface area contributed by atoms with Gasteiger partial charge in [0.05, 0.1) is 6.07 Å². The molecule has 3 rings (SSSR count). The van der Waals surface area contributed by atoms with Crippen molar-refractivity contribution in [1.82, 2.24) is 0 Å². The Bertz CT molecular complexity index is 352. The molecule has 1 N–H and O–H groups in total. The molecule has 0 aromatic heterocycles. The number of nitrogens with zero attached hydrogens (tertiary/aromatic N) is 1. The van der Waals surface area contributed by atoms with E-state index in [0.29, 0.717) is 12.9 Å². The van der Waals surface area contributed by atoms with Crippen LogP contribution in [0.4, 0.5) is 0 Å². The Balaban J connectivity index is 1.95.